The van der Waals surface area contributed by atoms with Gasteiger partial charge in [0.1, 0.15) is 22.9 Å². The van der Waals surface area contributed by atoms with Crippen molar-refractivity contribution in [3.63, 3.8) is 0 Å². The molecule has 0 aliphatic carbocycles. The first-order valence-corrected chi connectivity index (χ1v) is 13.6. The average Bonchev–Trinajstić information content (AvgIpc) is 3.56. The van der Waals surface area contributed by atoms with Crippen molar-refractivity contribution >= 4 is 21.6 Å². The monoisotopic (exact) mass is 538 g/mol. The number of fused-ring (bicyclic) bond motifs is 1. The second-order valence-electron chi connectivity index (χ2n) is 9.63. The Morgan fingerprint density at radius 2 is 2.00 bits per heavy atom. The van der Waals surface area contributed by atoms with Crippen molar-refractivity contribution in [2.45, 2.75) is 44.6 Å². The van der Waals surface area contributed by atoms with Gasteiger partial charge in [-0.1, -0.05) is 18.2 Å². The molecule has 0 bridgehead atoms. The number of benzene rings is 1. The van der Waals surface area contributed by atoms with Crippen LogP contribution in [-0.2, 0) is 16.0 Å². The predicted octanol–water partition coefficient (Wildman–Crippen LogP) is 3.28. The van der Waals surface area contributed by atoms with E-state index in [-0.39, 0.29) is 29.9 Å². The van der Waals surface area contributed by atoms with Crippen LogP contribution < -0.4 is 21.3 Å². The summed E-state index contributed by atoms with van der Waals surface area (Å²) in [6.07, 6.45) is 4.13. The Kier molecular flexibility index (Phi) is 6.91. The first-order chi connectivity index (χ1) is 18.6. The van der Waals surface area contributed by atoms with Crippen LogP contribution in [0.2, 0.25) is 0 Å². The Hall–Kier alpha value is -3.25. The second-order valence-corrected chi connectivity index (χ2v) is 10.6. The van der Waals surface area contributed by atoms with Crippen molar-refractivity contribution in [2.75, 3.05) is 33.4 Å². The summed E-state index contributed by atoms with van der Waals surface area (Å²) >= 11 is 1.35. The molecule has 2 aliphatic heterocycles. The maximum absolute atomic E-state index is 14.0. The highest BCUT2D eigenvalue weighted by atomic mass is 32.1. The number of methoxy groups -OCH3 is 1. The third-order valence-corrected chi connectivity index (χ3v) is 8.66. The van der Waals surface area contributed by atoms with Gasteiger partial charge in [-0.25, -0.2) is 9.78 Å². The van der Waals surface area contributed by atoms with Crippen LogP contribution in [0.5, 0.6) is 5.75 Å². The number of nitrogens with zero attached hydrogens (tertiary/aromatic N) is 3. The summed E-state index contributed by atoms with van der Waals surface area (Å²) in [5, 5.41) is 3.69. The quantitative estimate of drug-likeness (QED) is 0.364. The molecule has 0 amide bonds. The Labute approximate surface area is 222 Å². The maximum atomic E-state index is 14.0. The molecule has 200 valence electrons. The van der Waals surface area contributed by atoms with Gasteiger partial charge in [-0.15, -0.1) is 11.3 Å². The van der Waals surface area contributed by atoms with Crippen LogP contribution in [0.15, 0.2) is 50.7 Å². The molecule has 6 rings (SSSR count). The number of aryl methyl sites for hydroxylation is 1. The third-order valence-electron chi connectivity index (χ3n) is 7.35. The zero-order chi connectivity index (χ0) is 26.2. The normalized spacial score (nSPS) is 17.5. The summed E-state index contributed by atoms with van der Waals surface area (Å²) in [5.74, 6) is 1.12. The van der Waals surface area contributed by atoms with Gasteiger partial charge in [-0.05, 0) is 31.4 Å². The van der Waals surface area contributed by atoms with Gasteiger partial charge in [0.05, 0.1) is 42.3 Å². The molecule has 0 radical (unpaired) electrons. The minimum atomic E-state index is -0.479. The highest BCUT2D eigenvalue weighted by molar-refractivity contribution is 7.22. The van der Waals surface area contributed by atoms with Crippen molar-refractivity contribution in [2.24, 2.45) is 0 Å². The van der Waals surface area contributed by atoms with E-state index in [1.807, 2.05) is 31.2 Å². The summed E-state index contributed by atoms with van der Waals surface area (Å²) in [6, 6.07) is 7.51. The summed E-state index contributed by atoms with van der Waals surface area (Å²) in [7, 11) is 1.63. The number of thiophene rings is 1. The lowest BCUT2D eigenvalue weighted by Crippen LogP contribution is -2.53. The molecule has 3 aromatic heterocycles. The highest BCUT2D eigenvalue weighted by Crippen LogP contribution is 2.37. The molecular formula is C27H30N4O6S. The number of hydrogen-bond donors (Lipinski definition) is 1. The van der Waals surface area contributed by atoms with E-state index in [9.17, 15) is 9.59 Å². The Balaban J connectivity index is 1.53. The molecule has 5 heterocycles. The van der Waals surface area contributed by atoms with E-state index < -0.39 is 6.10 Å². The molecule has 0 saturated carbocycles. The van der Waals surface area contributed by atoms with Gasteiger partial charge in [0.25, 0.3) is 5.56 Å². The topological polar surface area (TPSA) is 110 Å². The summed E-state index contributed by atoms with van der Waals surface area (Å²) in [6.45, 7) is 4.52. The summed E-state index contributed by atoms with van der Waals surface area (Å²) in [5.41, 5.74) is 0.986. The van der Waals surface area contributed by atoms with Crippen molar-refractivity contribution < 1.29 is 18.6 Å². The summed E-state index contributed by atoms with van der Waals surface area (Å²) < 4.78 is 26.5. The van der Waals surface area contributed by atoms with Crippen molar-refractivity contribution in [3.8, 4) is 16.5 Å². The van der Waals surface area contributed by atoms with Crippen molar-refractivity contribution in [1.29, 1.82) is 0 Å². The Bertz CT molecular complexity index is 1550. The van der Waals surface area contributed by atoms with Crippen molar-refractivity contribution in [1.82, 2.24) is 19.4 Å². The molecule has 4 aromatic rings. The summed E-state index contributed by atoms with van der Waals surface area (Å²) in [4.78, 5) is 33.4. The molecule has 1 aromatic carbocycles. The van der Waals surface area contributed by atoms with E-state index in [1.165, 1.54) is 22.2 Å². The van der Waals surface area contributed by atoms with Gasteiger partial charge in [-0.3, -0.25) is 13.9 Å². The van der Waals surface area contributed by atoms with Gasteiger partial charge in [0, 0.05) is 31.9 Å². The van der Waals surface area contributed by atoms with Gasteiger partial charge in [0.2, 0.25) is 5.89 Å². The minimum Gasteiger partial charge on any atom is -0.496 e. The maximum Gasteiger partial charge on any atom is 0.332 e. The fourth-order valence-electron chi connectivity index (χ4n) is 5.20. The van der Waals surface area contributed by atoms with Crippen LogP contribution in [0.3, 0.4) is 0 Å². The zero-order valence-electron chi connectivity index (χ0n) is 21.3. The van der Waals surface area contributed by atoms with E-state index >= 15 is 0 Å². The van der Waals surface area contributed by atoms with E-state index in [4.69, 9.17) is 18.6 Å². The molecule has 2 saturated heterocycles. The van der Waals surface area contributed by atoms with E-state index in [0.29, 0.717) is 48.2 Å². The Morgan fingerprint density at radius 3 is 2.68 bits per heavy atom. The number of oxazole rings is 1. The molecule has 10 nitrogen and oxygen atoms in total. The lowest BCUT2D eigenvalue weighted by molar-refractivity contribution is -0.0753. The van der Waals surface area contributed by atoms with Crippen molar-refractivity contribution in [3.05, 3.63) is 68.7 Å². The van der Waals surface area contributed by atoms with Crippen LogP contribution in [-0.4, -0.2) is 53.6 Å². The average molecular weight is 539 g/mol. The van der Waals surface area contributed by atoms with Crippen LogP contribution in [0.1, 0.15) is 36.1 Å². The molecule has 2 fully saturated rings. The number of nitrogens with one attached hydrogen (secondary N) is 1. The first-order valence-electron chi connectivity index (χ1n) is 12.8. The fourth-order valence-corrected chi connectivity index (χ4v) is 6.44. The molecule has 0 spiro atoms. The molecule has 1 atom stereocenters. The van der Waals surface area contributed by atoms with E-state index in [0.717, 1.165) is 28.8 Å². The highest BCUT2D eigenvalue weighted by Gasteiger charge is 2.31. The standard InChI is InChI=1S/C27H30N4O6S/c1-16-22-25(32)31(17-13-28-14-17)27(33)30(26(22)38-23(16)24-29-9-12-36-24)15-21(37-18-7-10-35-11-8-18)19-5-3-4-6-20(19)34-2/h3-6,9,12,17-18,21,28H,7-8,10-11,13-15H2,1-2H3. The van der Waals surface area contributed by atoms with Gasteiger partial charge in [-0.2, -0.15) is 0 Å². The smallest absolute Gasteiger partial charge is 0.332 e. The fraction of sp³-hybridized carbons (Fsp3) is 0.444. The lowest BCUT2D eigenvalue weighted by atomic mass is 10.1. The van der Waals surface area contributed by atoms with Crippen LogP contribution in [0, 0.1) is 6.92 Å². The van der Waals surface area contributed by atoms with Gasteiger partial charge in [0.15, 0.2) is 0 Å². The second kappa shape index (κ2) is 10.5. The molecule has 1 N–H and O–H groups in total. The number of ether oxygens (including phenoxy) is 3. The lowest BCUT2D eigenvalue weighted by Gasteiger charge is -2.31. The van der Waals surface area contributed by atoms with Gasteiger partial charge >= 0.3 is 5.69 Å². The predicted molar refractivity (Wildman–Crippen MR) is 143 cm³/mol. The van der Waals surface area contributed by atoms with Gasteiger partial charge < -0.3 is 23.9 Å². The Morgan fingerprint density at radius 1 is 1.21 bits per heavy atom. The number of rotatable bonds is 8. The largest absolute Gasteiger partial charge is 0.496 e. The van der Waals surface area contributed by atoms with Crippen LogP contribution in [0.25, 0.3) is 21.0 Å². The SMILES string of the molecule is COc1ccccc1C(Cn1c(=O)n(C2CNC2)c(=O)c2c(C)c(-c3ncco3)sc21)OC1CCOCC1. The number of hydrogen-bond acceptors (Lipinski definition) is 9. The van der Waals surface area contributed by atoms with Crippen LogP contribution >= 0.6 is 11.3 Å². The third kappa shape index (κ3) is 4.39. The van der Waals surface area contributed by atoms with Crippen LogP contribution in [0.4, 0.5) is 0 Å². The molecule has 38 heavy (non-hydrogen) atoms. The number of para-hydroxylation sites is 1. The number of aromatic nitrogens is 3. The van der Waals surface area contributed by atoms with E-state index in [1.54, 1.807) is 17.9 Å². The zero-order valence-corrected chi connectivity index (χ0v) is 22.2. The molecule has 11 heteroatoms. The molecular weight excluding hydrogens is 508 g/mol. The molecule has 1 unspecified atom stereocenters. The van der Waals surface area contributed by atoms with E-state index in [2.05, 4.69) is 10.3 Å². The first kappa shape index (κ1) is 25.1. The minimum absolute atomic E-state index is 0.0143. The molecule has 2 aliphatic rings.